The van der Waals surface area contributed by atoms with Crippen molar-refractivity contribution < 1.29 is 18.4 Å². The monoisotopic (exact) mass is 497 g/mol. The molecular formula is C26H23N7O4. The molecule has 0 saturated heterocycles. The highest BCUT2D eigenvalue weighted by molar-refractivity contribution is 5.91. The standard InChI is InChI=1S/C26H23N7O4/c1-17-22(27-26(37-17)32-9-2-3-10-32)16-36-23-14-19-15-33(24(34)7-6-20-5-4-12-35-20)11-8-18(19)13-21(23)25-28-30-31-29-25/h2-7,9-10,12-14H,8,11,15-16H2,1H3,(H,28,29,30,31)/b7-6+. The second-order valence-corrected chi connectivity index (χ2v) is 8.59. The third kappa shape index (κ3) is 4.66. The molecule has 0 fully saturated rings. The molecule has 186 valence electrons. The van der Waals surface area contributed by atoms with Gasteiger partial charge in [0.2, 0.25) is 11.7 Å². The second-order valence-electron chi connectivity index (χ2n) is 8.59. The number of benzene rings is 1. The van der Waals surface area contributed by atoms with E-state index >= 15 is 0 Å². The highest BCUT2D eigenvalue weighted by atomic mass is 16.5. The minimum atomic E-state index is -0.0810. The molecule has 5 aromatic rings. The SMILES string of the molecule is Cc1oc(-n2cccc2)nc1COc1cc2c(cc1-c1nn[nH]n1)CCN(C(=O)/C=C/c1ccco1)C2. The molecule has 11 nitrogen and oxygen atoms in total. The van der Waals surface area contributed by atoms with Crippen molar-refractivity contribution in [2.75, 3.05) is 6.54 Å². The molecule has 6 rings (SSSR count). The highest BCUT2D eigenvalue weighted by Gasteiger charge is 2.24. The maximum Gasteiger partial charge on any atom is 0.306 e. The first-order chi connectivity index (χ1) is 18.1. The van der Waals surface area contributed by atoms with Crippen molar-refractivity contribution in [3.8, 4) is 23.2 Å². The van der Waals surface area contributed by atoms with Crippen LogP contribution in [0.2, 0.25) is 0 Å². The number of amides is 1. The number of nitrogens with zero attached hydrogens (tertiary/aromatic N) is 6. The number of carbonyl (C=O) groups is 1. The van der Waals surface area contributed by atoms with Gasteiger partial charge in [0.25, 0.3) is 0 Å². The molecule has 1 N–H and O–H groups in total. The number of H-pyrrole nitrogens is 1. The first-order valence-corrected chi connectivity index (χ1v) is 11.8. The van der Waals surface area contributed by atoms with Crippen LogP contribution >= 0.6 is 0 Å². The summed E-state index contributed by atoms with van der Waals surface area (Å²) in [6.45, 7) is 3.10. The molecule has 37 heavy (non-hydrogen) atoms. The number of hydrogen-bond acceptors (Lipinski definition) is 8. The fourth-order valence-electron chi connectivity index (χ4n) is 4.26. The number of tetrazole rings is 1. The van der Waals surface area contributed by atoms with Gasteiger partial charge in [-0.25, -0.2) is 0 Å². The van der Waals surface area contributed by atoms with Gasteiger partial charge in [-0.1, -0.05) is 0 Å². The summed E-state index contributed by atoms with van der Waals surface area (Å²) in [7, 11) is 0. The predicted molar refractivity (Wildman–Crippen MR) is 131 cm³/mol. The molecule has 1 aromatic carbocycles. The van der Waals surface area contributed by atoms with Gasteiger partial charge in [0.1, 0.15) is 29.6 Å². The average Bonchev–Trinajstić information content (AvgIpc) is 3.73. The molecule has 4 aromatic heterocycles. The molecule has 0 bridgehead atoms. The van der Waals surface area contributed by atoms with Crippen molar-refractivity contribution >= 4 is 12.0 Å². The van der Waals surface area contributed by atoms with Crippen molar-refractivity contribution in [1.29, 1.82) is 0 Å². The van der Waals surface area contributed by atoms with Gasteiger partial charge in [-0.3, -0.25) is 9.36 Å². The number of aromatic nitrogens is 6. The Morgan fingerprint density at radius 3 is 2.89 bits per heavy atom. The Kier molecular flexibility index (Phi) is 5.85. The molecule has 0 spiro atoms. The quantitative estimate of drug-likeness (QED) is 0.337. The van der Waals surface area contributed by atoms with E-state index in [9.17, 15) is 4.79 Å². The summed E-state index contributed by atoms with van der Waals surface area (Å²) in [6, 6.07) is 11.8. The van der Waals surface area contributed by atoms with Gasteiger partial charge in [-0.05, 0) is 72.2 Å². The number of aryl methyl sites for hydroxylation is 1. The predicted octanol–water partition coefficient (Wildman–Crippen LogP) is 3.72. The summed E-state index contributed by atoms with van der Waals surface area (Å²) in [6.07, 6.45) is 9.21. The van der Waals surface area contributed by atoms with Crippen LogP contribution in [-0.2, 0) is 24.4 Å². The first kappa shape index (κ1) is 22.5. The third-order valence-corrected chi connectivity index (χ3v) is 6.22. The number of ether oxygens (including phenoxy) is 1. The zero-order valence-electron chi connectivity index (χ0n) is 20.0. The minimum Gasteiger partial charge on any atom is -0.486 e. The Hall–Kier alpha value is -4.93. The zero-order valence-corrected chi connectivity index (χ0v) is 20.0. The van der Waals surface area contributed by atoms with Crippen molar-refractivity contribution in [2.24, 2.45) is 0 Å². The molecule has 1 aliphatic rings. The fraction of sp³-hybridized carbons (Fsp3) is 0.192. The maximum atomic E-state index is 12.8. The fourth-order valence-corrected chi connectivity index (χ4v) is 4.26. The van der Waals surface area contributed by atoms with Crippen molar-refractivity contribution in [3.05, 3.63) is 89.5 Å². The van der Waals surface area contributed by atoms with Crippen LogP contribution in [0.4, 0.5) is 0 Å². The summed E-state index contributed by atoms with van der Waals surface area (Å²) >= 11 is 0. The Labute approximate surface area is 211 Å². The molecule has 0 saturated carbocycles. The highest BCUT2D eigenvalue weighted by Crippen LogP contribution is 2.34. The van der Waals surface area contributed by atoms with Gasteiger partial charge in [0.15, 0.2) is 0 Å². The number of nitrogens with one attached hydrogen (secondary N) is 1. The van der Waals surface area contributed by atoms with Crippen LogP contribution in [0.5, 0.6) is 5.75 Å². The van der Waals surface area contributed by atoms with E-state index in [0.717, 1.165) is 16.7 Å². The topological polar surface area (TPSA) is 128 Å². The first-order valence-electron chi connectivity index (χ1n) is 11.8. The van der Waals surface area contributed by atoms with Gasteiger partial charge in [0.05, 0.1) is 11.8 Å². The van der Waals surface area contributed by atoms with Crippen LogP contribution in [0.3, 0.4) is 0 Å². The van der Waals surface area contributed by atoms with Crippen LogP contribution in [-0.4, -0.2) is 47.5 Å². The summed E-state index contributed by atoms with van der Waals surface area (Å²) in [5.41, 5.74) is 3.51. The van der Waals surface area contributed by atoms with E-state index in [4.69, 9.17) is 13.6 Å². The maximum absolute atomic E-state index is 12.8. The Morgan fingerprint density at radius 1 is 1.22 bits per heavy atom. The molecule has 0 atom stereocenters. The smallest absolute Gasteiger partial charge is 0.306 e. The van der Waals surface area contributed by atoms with Crippen LogP contribution in [0, 0.1) is 6.92 Å². The number of carbonyl (C=O) groups excluding carboxylic acids is 1. The lowest BCUT2D eigenvalue weighted by Crippen LogP contribution is -2.34. The van der Waals surface area contributed by atoms with E-state index < -0.39 is 0 Å². The van der Waals surface area contributed by atoms with Crippen molar-refractivity contribution in [2.45, 2.75) is 26.5 Å². The van der Waals surface area contributed by atoms with Crippen LogP contribution < -0.4 is 4.74 Å². The van der Waals surface area contributed by atoms with Crippen LogP contribution in [0.15, 0.2) is 70.0 Å². The number of aromatic amines is 1. The Bertz CT molecular complexity index is 1530. The number of oxazole rings is 1. The summed E-state index contributed by atoms with van der Waals surface area (Å²) in [5.74, 6) is 2.23. The van der Waals surface area contributed by atoms with Gasteiger partial charge in [0, 0.05) is 31.6 Å². The van der Waals surface area contributed by atoms with Crippen molar-refractivity contribution in [1.82, 2.24) is 35.1 Å². The lowest BCUT2D eigenvalue weighted by Gasteiger charge is -2.29. The van der Waals surface area contributed by atoms with Crippen molar-refractivity contribution in [3.63, 3.8) is 0 Å². The van der Waals surface area contributed by atoms with E-state index in [1.165, 1.54) is 6.08 Å². The molecule has 0 unspecified atom stereocenters. The van der Waals surface area contributed by atoms with Gasteiger partial charge < -0.3 is 18.5 Å². The lowest BCUT2D eigenvalue weighted by molar-refractivity contribution is -0.126. The largest absolute Gasteiger partial charge is 0.486 e. The lowest BCUT2D eigenvalue weighted by atomic mass is 9.96. The number of fused-ring (bicyclic) bond motifs is 1. The molecular weight excluding hydrogens is 474 g/mol. The van der Waals surface area contributed by atoms with E-state index in [0.29, 0.717) is 54.3 Å². The number of hydrogen-bond donors (Lipinski definition) is 1. The summed E-state index contributed by atoms with van der Waals surface area (Å²) in [4.78, 5) is 19.2. The molecule has 5 heterocycles. The molecule has 0 radical (unpaired) electrons. The summed E-state index contributed by atoms with van der Waals surface area (Å²) in [5, 5.41) is 14.5. The van der Waals surface area contributed by atoms with Crippen LogP contribution in [0.1, 0.15) is 28.3 Å². The van der Waals surface area contributed by atoms with E-state index in [-0.39, 0.29) is 12.5 Å². The second kappa shape index (κ2) is 9.61. The van der Waals surface area contributed by atoms with E-state index in [2.05, 4.69) is 25.6 Å². The van der Waals surface area contributed by atoms with Gasteiger partial charge in [-0.15, -0.1) is 10.2 Å². The molecule has 1 aliphatic heterocycles. The minimum absolute atomic E-state index is 0.0810. The van der Waals surface area contributed by atoms with E-state index in [1.54, 1.807) is 33.9 Å². The molecule has 1 amide bonds. The normalized spacial score (nSPS) is 13.3. The number of rotatable bonds is 7. The van der Waals surface area contributed by atoms with Gasteiger partial charge in [-0.2, -0.15) is 10.2 Å². The number of furan rings is 1. The van der Waals surface area contributed by atoms with Gasteiger partial charge >= 0.3 is 6.01 Å². The zero-order chi connectivity index (χ0) is 25.2. The van der Waals surface area contributed by atoms with Crippen LogP contribution in [0.25, 0.3) is 23.5 Å². The third-order valence-electron chi connectivity index (χ3n) is 6.22. The Balaban J connectivity index is 1.25. The average molecular weight is 498 g/mol. The molecule has 0 aliphatic carbocycles. The summed E-state index contributed by atoms with van der Waals surface area (Å²) < 4.78 is 19.1. The Morgan fingerprint density at radius 2 is 2.11 bits per heavy atom. The van der Waals surface area contributed by atoms with E-state index in [1.807, 2.05) is 43.6 Å². The molecule has 11 heteroatoms.